The van der Waals surface area contributed by atoms with Gasteiger partial charge >= 0.3 is 0 Å². The van der Waals surface area contributed by atoms with Crippen molar-refractivity contribution in [3.63, 3.8) is 0 Å². The van der Waals surface area contributed by atoms with E-state index in [2.05, 4.69) is 14.9 Å². The molecule has 1 radical (unpaired) electrons. The van der Waals surface area contributed by atoms with Crippen molar-refractivity contribution in [3.05, 3.63) is 11.3 Å². The van der Waals surface area contributed by atoms with Gasteiger partial charge < -0.3 is 0 Å². The van der Waals surface area contributed by atoms with Gasteiger partial charge in [0, 0.05) is 0 Å². The largest absolute Gasteiger partial charge is 0.244 e. The summed E-state index contributed by atoms with van der Waals surface area (Å²) >= 11 is 1.06. The molecule has 1 rings (SSSR count). The zero-order valence-corrected chi connectivity index (χ0v) is 4.07. The molecule has 1 aromatic rings. The second-order valence-electron chi connectivity index (χ2n) is 0.821. The fraction of sp³-hybridized carbons (Fsp3) is 0. The minimum absolute atomic E-state index is 0.199. The quantitative estimate of drug-likeness (QED) is 0.479. The average Bonchev–Trinajstić information content (AvgIpc) is 2.14. The SMILES string of the molecule is N#Cc1n[c]sn1. The van der Waals surface area contributed by atoms with E-state index in [1.165, 1.54) is 0 Å². The van der Waals surface area contributed by atoms with E-state index < -0.39 is 0 Å². The van der Waals surface area contributed by atoms with Crippen molar-refractivity contribution in [3.8, 4) is 6.07 Å². The molecule has 0 saturated carbocycles. The van der Waals surface area contributed by atoms with Crippen LogP contribution >= 0.6 is 11.5 Å². The van der Waals surface area contributed by atoms with Gasteiger partial charge in [-0.05, 0) is 11.5 Å². The van der Waals surface area contributed by atoms with Gasteiger partial charge in [0.15, 0.2) is 5.51 Å². The lowest BCUT2D eigenvalue weighted by Crippen LogP contribution is -1.70. The zero-order chi connectivity index (χ0) is 5.11. The molecule has 0 spiro atoms. The van der Waals surface area contributed by atoms with Crippen LogP contribution in [0.15, 0.2) is 0 Å². The van der Waals surface area contributed by atoms with Gasteiger partial charge in [-0.15, -0.1) is 0 Å². The fourth-order valence-corrected chi connectivity index (χ4v) is 0.529. The van der Waals surface area contributed by atoms with Crippen LogP contribution in [-0.4, -0.2) is 9.36 Å². The molecular weight excluding hydrogens is 110 g/mol. The maximum absolute atomic E-state index is 8.04. The molecule has 0 amide bonds. The van der Waals surface area contributed by atoms with E-state index in [4.69, 9.17) is 5.26 Å². The van der Waals surface area contributed by atoms with E-state index in [0.717, 1.165) is 11.5 Å². The summed E-state index contributed by atoms with van der Waals surface area (Å²) < 4.78 is 3.55. The first-order valence-electron chi connectivity index (χ1n) is 1.53. The van der Waals surface area contributed by atoms with E-state index in [0.29, 0.717) is 0 Å². The monoisotopic (exact) mass is 110 g/mol. The lowest BCUT2D eigenvalue weighted by molar-refractivity contribution is 1.24. The molecule has 0 atom stereocenters. The molecule has 0 fully saturated rings. The van der Waals surface area contributed by atoms with Crippen molar-refractivity contribution in [1.82, 2.24) is 9.36 Å². The van der Waals surface area contributed by atoms with Crippen molar-refractivity contribution in [1.29, 1.82) is 5.26 Å². The third kappa shape index (κ3) is 0.725. The molecule has 3 nitrogen and oxygen atoms in total. The molecule has 4 heteroatoms. The van der Waals surface area contributed by atoms with E-state index in [-0.39, 0.29) is 5.82 Å². The van der Waals surface area contributed by atoms with E-state index in [9.17, 15) is 0 Å². The summed E-state index contributed by atoms with van der Waals surface area (Å²) in [7, 11) is 0. The van der Waals surface area contributed by atoms with Crippen LogP contribution in [0.4, 0.5) is 0 Å². The topological polar surface area (TPSA) is 49.6 Å². The van der Waals surface area contributed by atoms with Gasteiger partial charge in [0.25, 0.3) is 0 Å². The molecule has 0 N–H and O–H groups in total. The molecule has 0 aliphatic carbocycles. The van der Waals surface area contributed by atoms with Gasteiger partial charge in [0.05, 0.1) is 0 Å². The first kappa shape index (κ1) is 4.22. The highest BCUT2D eigenvalue weighted by Gasteiger charge is 1.87. The van der Waals surface area contributed by atoms with Gasteiger partial charge in [-0.2, -0.15) is 9.64 Å². The van der Waals surface area contributed by atoms with Gasteiger partial charge in [0.1, 0.15) is 6.07 Å². The Labute approximate surface area is 44.4 Å². The van der Waals surface area contributed by atoms with E-state index >= 15 is 0 Å². The van der Waals surface area contributed by atoms with Crippen LogP contribution in [0.5, 0.6) is 0 Å². The Balaban J connectivity index is 3.04. The van der Waals surface area contributed by atoms with Crippen LogP contribution < -0.4 is 0 Å². The summed E-state index contributed by atoms with van der Waals surface area (Å²) in [6, 6.07) is 1.76. The number of hydrogen-bond donors (Lipinski definition) is 0. The standard InChI is InChI=1S/C3N3S/c4-1-3-5-2-7-6-3. The Morgan fingerprint density at radius 3 is 3.00 bits per heavy atom. The normalized spacial score (nSPS) is 7.86. The number of rotatable bonds is 0. The molecule has 1 heterocycles. The van der Waals surface area contributed by atoms with Gasteiger partial charge in [-0.1, -0.05) is 0 Å². The molecule has 1 aromatic heterocycles. The second-order valence-corrected chi connectivity index (χ2v) is 1.37. The lowest BCUT2D eigenvalue weighted by atomic mass is 10.7. The molecular formula is C3N3S. The Morgan fingerprint density at radius 2 is 2.71 bits per heavy atom. The summed E-state index contributed by atoms with van der Waals surface area (Å²) in [6.45, 7) is 0. The van der Waals surface area contributed by atoms with Crippen LogP contribution in [0, 0.1) is 16.8 Å². The maximum Gasteiger partial charge on any atom is 0.244 e. The number of aromatic nitrogens is 2. The minimum Gasteiger partial charge on any atom is -0.203 e. The predicted octanol–water partition coefficient (Wildman–Crippen LogP) is 0.210. The first-order chi connectivity index (χ1) is 3.43. The van der Waals surface area contributed by atoms with Crippen molar-refractivity contribution in [2.24, 2.45) is 0 Å². The van der Waals surface area contributed by atoms with E-state index in [1.54, 1.807) is 6.07 Å². The summed E-state index contributed by atoms with van der Waals surface area (Å²) in [5, 5.41) is 8.04. The summed E-state index contributed by atoms with van der Waals surface area (Å²) in [5.74, 6) is 0.199. The Bertz CT molecular complexity index is 173. The summed E-state index contributed by atoms with van der Waals surface area (Å²) in [4.78, 5) is 3.46. The van der Waals surface area contributed by atoms with Gasteiger partial charge in [-0.25, -0.2) is 4.98 Å². The van der Waals surface area contributed by atoms with Crippen LogP contribution in [-0.2, 0) is 0 Å². The highest BCUT2D eigenvalue weighted by molar-refractivity contribution is 7.02. The smallest absolute Gasteiger partial charge is 0.203 e. The molecule has 0 aliphatic rings. The molecule has 0 aliphatic heterocycles. The maximum atomic E-state index is 8.04. The first-order valence-corrected chi connectivity index (χ1v) is 2.30. The molecule has 0 bridgehead atoms. The average molecular weight is 110 g/mol. The predicted molar refractivity (Wildman–Crippen MR) is 23.5 cm³/mol. The fourth-order valence-electron chi connectivity index (χ4n) is 0.193. The molecule has 7 heavy (non-hydrogen) atoms. The van der Waals surface area contributed by atoms with Gasteiger partial charge in [-0.3, -0.25) is 0 Å². The minimum atomic E-state index is 0.199. The van der Waals surface area contributed by atoms with Crippen LogP contribution in [0.3, 0.4) is 0 Å². The Hall–Kier alpha value is -0.950. The highest BCUT2D eigenvalue weighted by Crippen LogP contribution is 1.87. The third-order valence-electron chi connectivity index (χ3n) is 0.424. The second kappa shape index (κ2) is 1.67. The lowest BCUT2D eigenvalue weighted by Gasteiger charge is -1.59. The van der Waals surface area contributed by atoms with Crippen LogP contribution in [0.1, 0.15) is 5.82 Å². The summed E-state index contributed by atoms with van der Waals surface area (Å²) in [6.07, 6.45) is 0. The van der Waals surface area contributed by atoms with Gasteiger partial charge in [0.2, 0.25) is 5.82 Å². The summed E-state index contributed by atoms with van der Waals surface area (Å²) in [5.41, 5.74) is 2.44. The number of nitriles is 1. The third-order valence-corrected chi connectivity index (χ3v) is 0.862. The van der Waals surface area contributed by atoms with Crippen molar-refractivity contribution in [2.45, 2.75) is 0 Å². The molecule has 33 valence electrons. The van der Waals surface area contributed by atoms with Crippen LogP contribution in [0.25, 0.3) is 0 Å². The Kier molecular flexibility index (Phi) is 1.00. The molecule has 0 unspecified atom stereocenters. The molecule has 0 aromatic carbocycles. The van der Waals surface area contributed by atoms with Crippen molar-refractivity contribution in [2.75, 3.05) is 0 Å². The van der Waals surface area contributed by atoms with Crippen LogP contribution in [0.2, 0.25) is 0 Å². The molecule has 0 saturated heterocycles. The highest BCUT2D eigenvalue weighted by atomic mass is 32.1. The zero-order valence-electron chi connectivity index (χ0n) is 3.25. The number of nitrogens with zero attached hydrogens (tertiary/aromatic N) is 3. The van der Waals surface area contributed by atoms with Crippen molar-refractivity contribution < 1.29 is 0 Å². The van der Waals surface area contributed by atoms with Crippen molar-refractivity contribution >= 4 is 11.5 Å². The number of hydrogen-bond acceptors (Lipinski definition) is 4. The Morgan fingerprint density at radius 1 is 1.86 bits per heavy atom. The van der Waals surface area contributed by atoms with E-state index in [1.807, 2.05) is 0 Å².